The number of hydrogen-bond acceptors (Lipinski definition) is 6. The van der Waals surface area contributed by atoms with Crippen molar-refractivity contribution in [1.82, 2.24) is 4.90 Å². The van der Waals surface area contributed by atoms with Crippen LogP contribution in [0.1, 0.15) is 50.8 Å². The molecule has 10 heteroatoms. The van der Waals surface area contributed by atoms with Gasteiger partial charge in [0.15, 0.2) is 0 Å². The lowest BCUT2D eigenvalue weighted by Gasteiger charge is -2.34. The predicted octanol–water partition coefficient (Wildman–Crippen LogP) is 4.14. The minimum absolute atomic E-state index is 0.172. The number of carboxylic acids is 1. The molecule has 2 aromatic rings. The highest BCUT2D eigenvalue weighted by Crippen LogP contribution is 2.43. The molecule has 2 amide bonds. The van der Waals surface area contributed by atoms with Gasteiger partial charge in [-0.15, -0.1) is 0 Å². The number of rotatable bonds is 11. The van der Waals surface area contributed by atoms with Crippen molar-refractivity contribution in [2.24, 2.45) is 5.41 Å². The number of aliphatic carboxylic acids is 1. The summed E-state index contributed by atoms with van der Waals surface area (Å²) in [7, 11) is 4.31. The number of methoxy groups -OCH3 is 2. The first-order chi connectivity index (χ1) is 17.3. The number of aliphatic hydroxyl groups excluding tert-OH is 1. The smallest absolute Gasteiger partial charge is 0.323 e. The second-order valence-electron chi connectivity index (χ2n) is 9.87. The number of carbonyl (C=O) groups excluding carboxylic acids is 2. The highest BCUT2D eigenvalue weighted by atomic mass is 35.5. The number of anilines is 1. The fourth-order valence-electron chi connectivity index (χ4n) is 3.90. The number of benzene rings is 2. The standard InChI is InChI=1S/C27H35ClN2O7/c1-27(2,3)16-30(23(32)12-11-22(31)29(4)15-24(33)34)25-19(13-17(28)14-21(25)37-6)26(35)18-9-7-8-10-20(18)36-5/h7-10,13-14,26,35H,11-12,15-16H2,1-6H3,(H,33,34)/t26-/m1/s1. The monoisotopic (exact) mass is 534 g/mol. The maximum Gasteiger partial charge on any atom is 0.323 e. The molecule has 37 heavy (non-hydrogen) atoms. The number of likely N-dealkylation sites (N-methyl/N-ethyl adjacent to an activating group) is 1. The van der Waals surface area contributed by atoms with Gasteiger partial charge in [0.2, 0.25) is 11.8 Å². The van der Waals surface area contributed by atoms with Gasteiger partial charge in [-0.05, 0) is 17.5 Å². The second-order valence-corrected chi connectivity index (χ2v) is 10.3. The lowest BCUT2D eigenvalue weighted by molar-refractivity contribution is -0.143. The summed E-state index contributed by atoms with van der Waals surface area (Å²) in [6.45, 7) is 5.65. The Balaban J connectivity index is 2.58. The maximum atomic E-state index is 13.6. The summed E-state index contributed by atoms with van der Waals surface area (Å²) in [5.41, 5.74) is 0.776. The van der Waals surface area contributed by atoms with Crippen LogP contribution in [0.15, 0.2) is 36.4 Å². The summed E-state index contributed by atoms with van der Waals surface area (Å²) >= 11 is 6.38. The number of halogens is 1. The van der Waals surface area contributed by atoms with Crippen LogP contribution in [0.25, 0.3) is 0 Å². The van der Waals surface area contributed by atoms with Crippen molar-refractivity contribution in [1.29, 1.82) is 0 Å². The fourth-order valence-corrected chi connectivity index (χ4v) is 4.12. The molecule has 1 atom stereocenters. The van der Waals surface area contributed by atoms with Crippen LogP contribution in [0.2, 0.25) is 5.02 Å². The highest BCUT2D eigenvalue weighted by Gasteiger charge is 2.31. The van der Waals surface area contributed by atoms with Gasteiger partial charge in [0.25, 0.3) is 0 Å². The van der Waals surface area contributed by atoms with Crippen molar-refractivity contribution in [3.8, 4) is 11.5 Å². The third-order valence-corrected chi connectivity index (χ3v) is 5.79. The number of aliphatic hydroxyl groups is 1. The zero-order valence-electron chi connectivity index (χ0n) is 22.1. The first kappa shape index (κ1) is 29.9. The number of hydrogen-bond donors (Lipinski definition) is 2. The van der Waals surface area contributed by atoms with Crippen LogP contribution in [0, 0.1) is 5.41 Å². The molecule has 2 N–H and O–H groups in total. The molecule has 202 valence electrons. The van der Waals surface area contributed by atoms with Gasteiger partial charge in [0, 0.05) is 48.6 Å². The van der Waals surface area contributed by atoms with Crippen LogP contribution in [-0.2, 0) is 14.4 Å². The van der Waals surface area contributed by atoms with E-state index in [1.807, 2.05) is 20.8 Å². The molecule has 0 aliphatic heterocycles. The number of carbonyl (C=O) groups is 3. The third-order valence-electron chi connectivity index (χ3n) is 5.57. The molecular formula is C27H35ClN2O7. The summed E-state index contributed by atoms with van der Waals surface area (Å²) in [5, 5.41) is 20.7. The SMILES string of the molecule is COc1ccccc1[C@@H](O)c1cc(Cl)cc(OC)c1N(CC(C)(C)C)C(=O)CCC(=O)N(C)CC(=O)O. The molecule has 0 heterocycles. The topological polar surface area (TPSA) is 117 Å². The van der Waals surface area contributed by atoms with Gasteiger partial charge in [0.05, 0.1) is 19.9 Å². The highest BCUT2D eigenvalue weighted by molar-refractivity contribution is 6.31. The van der Waals surface area contributed by atoms with E-state index in [4.69, 9.17) is 26.2 Å². The average molecular weight is 535 g/mol. The van der Waals surface area contributed by atoms with Crippen molar-refractivity contribution in [3.05, 3.63) is 52.5 Å². The van der Waals surface area contributed by atoms with Crippen molar-refractivity contribution >= 4 is 35.1 Å². The van der Waals surface area contributed by atoms with E-state index in [1.165, 1.54) is 26.2 Å². The molecule has 0 saturated carbocycles. The Bertz CT molecular complexity index is 1130. The van der Waals surface area contributed by atoms with Gasteiger partial charge < -0.3 is 29.5 Å². The van der Waals surface area contributed by atoms with Crippen LogP contribution < -0.4 is 14.4 Å². The van der Waals surface area contributed by atoms with E-state index in [0.29, 0.717) is 27.6 Å². The number of amides is 2. The Labute approximate surface area is 222 Å². The molecular weight excluding hydrogens is 500 g/mol. The molecule has 0 aliphatic carbocycles. The molecule has 0 fully saturated rings. The maximum absolute atomic E-state index is 13.6. The molecule has 2 aromatic carbocycles. The van der Waals surface area contributed by atoms with Crippen molar-refractivity contribution in [3.63, 3.8) is 0 Å². The number of carboxylic acid groups (broad SMARTS) is 1. The quantitative estimate of drug-likeness (QED) is 0.445. The second kappa shape index (κ2) is 12.8. The summed E-state index contributed by atoms with van der Waals surface area (Å²) in [4.78, 5) is 39.5. The third kappa shape index (κ3) is 8.10. The Kier molecular flexibility index (Phi) is 10.3. The molecule has 0 radical (unpaired) electrons. The van der Waals surface area contributed by atoms with E-state index in [9.17, 15) is 19.5 Å². The molecule has 0 aliphatic rings. The first-order valence-corrected chi connectivity index (χ1v) is 12.1. The molecule has 0 unspecified atom stereocenters. The summed E-state index contributed by atoms with van der Waals surface area (Å²) in [6.07, 6.45) is -1.56. The van der Waals surface area contributed by atoms with E-state index in [-0.39, 0.29) is 36.5 Å². The van der Waals surface area contributed by atoms with Gasteiger partial charge in [-0.1, -0.05) is 50.6 Å². The van der Waals surface area contributed by atoms with Gasteiger partial charge in [-0.25, -0.2) is 0 Å². The first-order valence-electron chi connectivity index (χ1n) is 11.7. The molecule has 2 rings (SSSR count). The van der Waals surface area contributed by atoms with Crippen molar-refractivity contribution < 1.29 is 34.1 Å². The van der Waals surface area contributed by atoms with Crippen LogP contribution in [0.5, 0.6) is 11.5 Å². The Morgan fingerprint density at radius 2 is 1.57 bits per heavy atom. The number of para-hydroxylation sites is 1. The van der Waals surface area contributed by atoms with Crippen LogP contribution in [-0.4, -0.2) is 67.3 Å². The fraction of sp³-hybridized carbons (Fsp3) is 0.444. The summed E-state index contributed by atoms with van der Waals surface area (Å²) in [6, 6.07) is 10.1. The average Bonchev–Trinajstić information content (AvgIpc) is 2.83. The normalized spacial score (nSPS) is 12.0. The molecule has 9 nitrogen and oxygen atoms in total. The Morgan fingerprint density at radius 1 is 0.973 bits per heavy atom. The number of nitrogens with zero attached hydrogens (tertiary/aromatic N) is 2. The molecule has 0 aromatic heterocycles. The van der Waals surface area contributed by atoms with E-state index < -0.39 is 24.5 Å². The molecule has 0 bridgehead atoms. The van der Waals surface area contributed by atoms with Crippen LogP contribution in [0.3, 0.4) is 0 Å². The van der Waals surface area contributed by atoms with E-state index >= 15 is 0 Å². The largest absolute Gasteiger partial charge is 0.496 e. The zero-order chi connectivity index (χ0) is 27.9. The van der Waals surface area contributed by atoms with Crippen molar-refractivity contribution in [2.75, 3.05) is 39.3 Å². The van der Waals surface area contributed by atoms with Crippen LogP contribution >= 0.6 is 11.6 Å². The van der Waals surface area contributed by atoms with E-state index in [0.717, 1.165) is 4.90 Å². The summed E-state index contributed by atoms with van der Waals surface area (Å²) < 4.78 is 11.0. The van der Waals surface area contributed by atoms with Gasteiger partial charge in [-0.3, -0.25) is 14.4 Å². The van der Waals surface area contributed by atoms with Gasteiger partial charge in [0.1, 0.15) is 24.1 Å². The van der Waals surface area contributed by atoms with Gasteiger partial charge in [-0.2, -0.15) is 0 Å². The van der Waals surface area contributed by atoms with Crippen LogP contribution in [0.4, 0.5) is 5.69 Å². The zero-order valence-corrected chi connectivity index (χ0v) is 22.8. The lowest BCUT2D eigenvalue weighted by Crippen LogP contribution is -2.40. The molecule has 0 spiro atoms. The lowest BCUT2D eigenvalue weighted by atomic mass is 9.93. The minimum atomic E-state index is -1.21. The van der Waals surface area contributed by atoms with E-state index in [2.05, 4.69) is 0 Å². The Hall–Kier alpha value is -3.30. The Morgan fingerprint density at radius 3 is 2.14 bits per heavy atom. The van der Waals surface area contributed by atoms with Crippen molar-refractivity contribution in [2.45, 2.75) is 39.7 Å². The van der Waals surface area contributed by atoms with E-state index in [1.54, 1.807) is 36.4 Å². The molecule has 0 saturated heterocycles. The minimum Gasteiger partial charge on any atom is -0.496 e. The number of ether oxygens (including phenoxy) is 2. The summed E-state index contributed by atoms with van der Waals surface area (Å²) in [5.74, 6) is -1.26. The van der Waals surface area contributed by atoms with Gasteiger partial charge >= 0.3 is 5.97 Å². The predicted molar refractivity (Wildman–Crippen MR) is 141 cm³/mol.